The van der Waals surface area contributed by atoms with E-state index in [0.717, 1.165) is 0 Å². The van der Waals surface area contributed by atoms with E-state index in [9.17, 15) is 9.59 Å². The van der Waals surface area contributed by atoms with Crippen molar-refractivity contribution in [2.24, 2.45) is 5.92 Å². The molecule has 0 aromatic heterocycles. The van der Waals surface area contributed by atoms with Gasteiger partial charge in [-0.3, -0.25) is 9.59 Å². The summed E-state index contributed by atoms with van der Waals surface area (Å²) in [6.07, 6.45) is 0.108. The number of carbonyl (C=O) groups is 2. The number of carboxylic acid groups (broad SMARTS) is 1. The number of likely N-dealkylation sites (tertiary alicyclic amines) is 1. The average Bonchev–Trinajstić information content (AvgIpc) is 2.42. The van der Waals surface area contributed by atoms with E-state index < -0.39 is 5.97 Å². The minimum Gasteiger partial charge on any atom is -0.493 e. The zero-order valence-corrected chi connectivity index (χ0v) is 12.2. The van der Waals surface area contributed by atoms with E-state index in [1.54, 1.807) is 23.1 Å². The van der Waals surface area contributed by atoms with Gasteiger partial charge in [-0.25, -0.2) is 0 Å². The lowest BCUT2D eigenvalue weighted by Crippen LogP contribution is -2.50. The Morgan fingerprint density at radius 2 is 2.05 bits per heavy atom. The van der Waals surface area contributed by atoms with Gasteiger partial charge in [-0.15, -0.1) is 0 Å². The third-order valence-corrected chi connectivity index (χ3v) is 3.42. The van der Waals surface area contributed by atoms with E-state index in [0.29, 0.717) is 36.8 Å². The molecule has 1 N–H and O–H groups in total. The fourth-order valence-electron chi connectivity index (χ4n) is 2.37. The fraction of sp³-hybridized carbons (Fsp3) is 0.467. The maximum atomic E-state index is 12.3. The van der Waals surface area contributed by atoms with Crippen LogP contribution in [-0.2, 0) is 4.79 Å². The van der Waals surface area contributed by atoms with Gasteiger partial charge in [0.15, 0.2) is 11.5 Å². The monoisotopic (exact) mass is 293 g/mol. The van der Waals surface area contributed by atoms with Crippen molar-refractivity contribution in [1.82, 2.24) is 4.90 Å². The molecular formula is C15H19NO5. The summed E-state index contributed by atoms with van der Waals surface area (Å²) >= 11 is 0. The number of carbonyl (C=O) groups excluding carboxylic acids is 1. The number of benzene rings is 1. The van der Waals surface area contributed by atoms with E-state index in [1.165, 1.54) is 7.11 Å². The maximum Gasteiger partial charge on any atom is 0.303 e. The first-order valence-corrected chi connectivity index (χ1v) is 6.87. The minimum absolute atomic E-state index is 0.0519. The van der Waals surface area contributed by atoms with Crippen LogP contribution in [0.4, 0.5) is 0 Å². The van der Waals surface area contributed by atoms with Crippen LogP contribution < -0.4 is 9.47 Å². The molecule has 1 aliphatic rings. The van der Waals surface area contributed by atoms with Crippen LogP contribution >= 0.6 is 0 Å². The summed E-state index contributed by atoms with van der Waals surface area (Å²) < 4.78 is 10.6. The third-order valence-electron chi connectivity index (χ3n) is 3.42. The molecule has 1 aromatic carbocycles. The minimum atomic E-state index is -0.824. The normalized spacial score (nSPS) is 14.5. The number of aliphatic carboxylic acids is 1. The van der Waals surface area contributed by atoms with E-state index in [4.69, 9.17) is 14.6 Å². The van der Waals surface area contributed by atoms with Crippen LogP contribution in [0.1, 0.15) is 23.7 Å². The van der Waals surface area contributed by atoms with Gasteiger partial charge in [0.1, 0.15) is 0 Å². The summed E-state index contributed by atoms with van der Waals surface area (Å²) in [7, 11) is 1.53. The standard InChI is InChI=1S/C15H19NO5/c1-3-21-12-5-4-11(7-13(12)20-2)15(19)16-8-10(9-16)6-14(17)18/h4-5,7,10H,3,6,8-9H2,1-2H3,(H,17,18). The van der Waals surface area contributed by atoms with Crippen LogP contribution in [-0.4, -0.2) is 48.7 Å². The Hall–Kier alpha value is -2.24. The van der Waals surface area contributed by atoms with Crippen molar-refractivity contribution in [3.05, 3.63) is 23.8 Å². The second-order valence-electron chi connectivity index (χ2n) is 4.97. The first kappa shape index (κ1) is 15.2. The molecule has 2 rings (SSSR count). The average molecular weight is 293 g/mol. The Balaban J connectivity index is 2.02. The van der Waals surface area contributed by atoms with E-state index in [-0.39, 0.29) is 18.2 Å². The van der Waals surface area contributed by atoms with Crippen LogP contribution in [0, 0.1) is 5.92 Å². The number of carboxylic acids is 1. The lowest BCUT2D eigenvalue weighted by molar-refractivity contribution is -0.139. The van der Waals surface area contributed by atoms with E-state index in [1.807, 2.05) is 6.92 Å². The number of hydrogen-bond donors (Lipinski definition) is 1. The molecule has 1 aromatic rings. The molecule has 1 amide bonds. The van der Waals surface area contributed by atoms with Gasteiger partial charge in [0.2, 0.25) is 0 Å². The molecule has 1 fully saturated rings. The molecule has 0 bridgehead atoms. The second-order valence-corrected chi connectivity index (χ2v) is 4.97. The molecule has 1 saturated heterocycles. The van der Waals surface area contributed by atoms with Gasteiger partial charge >= 0.3 is 5.97 Å². The van der Waals surface area contributed by atoms with Gasteiger partial charge < -0.3 is 19.5 Å². The molecule has 0 saturated carbocycles. The van der Waals surface area contributed by atoms with Crippen LogP contribution in [0.15, 0.2) is 18.2 Å². The number of rotatable bonds is 6. The molecule has 0 atom stereocenters. The summed E-state index contributed by atoms with van der Waals surface area (Å²) in [5.41, 5.74) is 0.518. The quantitative estimate of drug-likeness (QED) is 0.863. The highest BCUT2D eigenvalue weighted by Crippen LogP contribution is 2.30. The zero-order valence-electron chi connectivity index (χ0n) is 12.2. The molecular weight excluding hydrogens is 274 g/mol. The van der Waals surface area contributed by atoms with Crippen LogP contribution in [0.3, 0.4) is 0 Å². The third kappa shape index (κ3) is 3.45. The predicted molar refractivity (Wildman–Crippen MR) is 75.8 cm³/mol. The van der Waals surface area contributed by atoms with Crippen LogP contribution in [0.25, 0.3) is 0 Å². The van der Waals surface area contributed by atoms with E-state index in [2.05, 4.69) is 0 Å². The summed E-state index contributed by atoms with van der Waals surface area (Å²) in [6.45, 7) is 3.37. The number of nitrogens with zero attached hydrogens (tertiary/aromatic N) is 1. The van der Waals surface area contributed by atoms with Gasteiger partial charge in [-0.05, 0) is 25.1 Å². The van der Waals surface area contributed by atoms with Crippen molar-refractivity contribution < 1.29 is 24.2 Å². The largest absolute Gasteiger partial charge is 0.493 e. The number of hydrogen-bond acceptors (Lipinski definition) is 4. The number of amides is 1. The van der Waals surface area contributed by atoms with Crippen molar-refractivity contribution >= 4 is 11.9 Å². The van der Waals surface area contributed by atoms with Gasteiger partial charge in [0, 0.05) is 24.6 Å². The van der Waals surface area contributed by atoms with Crippen molar-refractivity contribution in [2.45, 2.75) is 13.3 Å². The molecule has 6 heteroatoms. The predicted octanol–water partition coefficient (Wildman–Crippen LogP) is 1.64. The van der Waals surface area contributed by atoms with Crippen molar-refractivity contribution in [3.8, 4) is 11.5 Å². The number of methoxy groups -OCH3 is 1. The molecule has 1 aliphatic heterocycles. The van der Waals surface area contributed by atoms with Gasteiger partial charge in [0.25, 0.3) is 5.91 Å². The zero-order chi connectivity index (χ0) is 15.4. The Labute approximate surface area is 123 Å². The summed E-state index contributed by atoms with van der Waals surface area (Å²) in [4.78, 5) is 24.5. The van der Waals surface area contributed by atoms with Gasteiger partial charge in [0.05, 0.1) is 20.1 Å². The highest BCUT2D eigenvalue weighted by atomic mass is 16.5. The molecule has 1 heterocycles. The Morgan fingerprint density at radius 3 is 2.62 bits per heavy atom. The highest BCUT2D eigenvalue weighted by molar-refractivity contribution is 5.95. The Morgan fingerprint density at radius 1 is 1.33 bits per heavy atom. The molecule has 0 spiro atoms. The van der Waals surface area contributed by atoms with Crippen LogP contribution in [0.5, 0.6) is 11.5 Å². The lowest BCUT2D eigenvalue weighted by Gasteiger charge is -2.38. The summed E-state index contributed by atoms with van der Waals surface area (Å²) in [5.74, 6) is 0.234. The Bertz CT molecular complexity index is 537. The molecule has 6 nitrogen and oxygen atoms in total. The first-order chi connectivity index (χ1) is 10.0. The molecule has 0 radical (unpaired) electrons. The van der Waals surface area contributed by atoms with Crippen molar-refractivity contribution in [3.63, 3.8) is 0 Å². The van der Waals surface area contributed by atoms with Gasteiger partial charge in [-0.2, -0.15) is 0 Å². The lowest BCUT2D eigenvalue weighted by atomic mass is 9.95. The van der Waals surface area contributed by atoms with E-state index >= 15 is 0 Å². The molecule has 0 aliphatic carbocycles. The first-order valence-electron chi connectivity index (χ1n) is 6.87. The van der Waals surface area contributed by atoms with Crippen molar-refractivity contribution in [2.75, 3.05) is 26.8 Å². The van der Waals surface area contributed by atoms with Crippen molar-refractivity contribution in [1.29, 1.82) is 0 Å². The number of ether oxygens (including phenoxy) is 2. The molecule has 21 heavy (non-hydrogen) atoms. The van der Waals surface area contributed by atoms with Gasteiger partial charge in [-0.1, -0.05) is 0 Å². The van der Waals surface area contributed by atoms with Crippen LogP contribution in [0.2, 0.25) is 0 Å². The molecule has 114 valence electrons. The molecule has 0 unspecified atom stereocenters. The second kappa shape index (κ2) is 6.47. The highest BCUT2D eigenvalue weighted by Gasteiger charge is 2.32. The Kier molecular flexibility index (Phi) is 4.67. The summed E-state index contributed by atoms with van der Waals surface area (Å²) in [6, 6.07) is 5.06. The summed E-state index contributed by atoms with van der Waals surface area (Å²) in [5, 5.41) is 8.71. The SMILES string of the molecule is CCOc1ccc(C(=O)N2CC(CC(=O)O)C2)cc1OC. The smallest absolute Gasteiger partial charge is 0.303 e. The maximum absolute atomic E-state index is 12.3. The fourth-order valence-corrected chi connectivity index (χ4v) is 2.37. The topological polar surface area (TPSA) is 76.1 Å².